The van der Waals surface area contributed by atoms with E-state index in [0.717, 1.165) is 4.34 Å². The van der Waals surface area contributed by atoms with Gasteiger partial charge in [-0.2, -0.15) is 0 Å². The smallest absolute Gasteiger partial charge is 0.231 e. The van der Waals surface area contributed by atoms with Crippen molar-refractivity contribution in [3.05, 3.63) is 59.1 Å². The molecule has 1 aliphatic heterocycles. The molecule has 4 rings (SSSR count). The molecule has 0 fully saturated rings. The predicted molar refractivity (Wildman–Crippen MR) is 115 cm³/mol. The fraction of sp³-hybridized carbons (Fsp3) is 0.190. The minimum atomic E-state index is -0.183. The number of benzene rings is 2. The molecule has 30 heavy (non-hydrogen) atoms. The van der Waals surface area contributed by atoms with Crippen LogP contribution in [0.3, 0.4) is 0 Å². The summed E-state index contributed by atoms with van der Waals surface area (Å²) in [6, 6.07) is 12.4. The Labute approximate surface area is 181 Å². The van der Waals surface area contributed by atoms with Gasteiger partial charge in [0.25, 0.3) is 0 Å². The lowest BCUT2D eigenvalue weighted by Crippen LogP contribution is -2.15. The maximum absolute atomic E-state index is 12.4. The summed E-state index contributed by atoms with van der Waals surface area (Å²) < 4.78 is 16.6. The minimum Gasteiger partial charge on any atom is -0.495 e. The van der Waals surface area contributed by atoms with Gasteiger partial charge in [-0.1, -0.05) is 23.9 Å². The number of anilines is 1. The van der Waals surface area contributed by atoms with E-state index in [1.165, 1.54) is 23.1 Å². The molecular formula is C21H18N2O5S2. The average Bonchev–Trinajstić information content (AvgIpc) is 3.41. The van der Waals surface area contributed by atoms with Crippen molar-refractivity contribution in [2.75, 3.05) is 25.0 Å². The molecule has 9 heteroatoms. The van der Waals surface area contributed by atoms with Gasteiger partial charge in [0.2, 0.25) is 12.7 Å². The van der Waals surface area contributed by atoms with Crippen LogP contribution in [0.4, 0.5) is 5.69 Å². The summed E-state index contributed by atoms with van der Waals surface area (Å²) >= 11 is 2.76. The molecule has 7 nitrogen and oxygen atoms in total. The Kier molecular flexibility index (Phi) is 6.20. The van der Waals surface area contributed by atoms with E-state index in [4.69, 9.17) is 14.2 Å². The highest BCUT2D eigenvalue weighted by Crippen LogP contribution is 2.33. The molecule has 2 heterocycles. The van der Waals surface area contributed by atoms with E-state index in [9.17, 15) is 9.59 Å². The number of hydrogen-bond acceptors (Lipinski definition) is 8. The van der Waals surface area contributed by atoms with Crippen LogP contribution in [0.1, 0.15) is 16.1 Å². The molecule has 1 amide bonds. The van der Waals surface area contributed by atoms with Crippen LogP contribution in [0, 0.1) is 0 Å². The van der Waals surface area contributed by atoms with E-state index in [0.29, 0.717) is 34.2 Å². The van der Waals surface area contributed by atoms with Gasteiger partial charge in [-0.3, -0.25) is 9.59 Å². The third-order valence-electron chi connectivity index (χ3n) is 4.27. The molecule has 0 saturated heterocycles. The SMILES string of the molecule is COc1ccccc1NC(=O)Cc1csc(SCC(=O)c2ccc3c(c2)OCO3)n1. The van der Waals surface area contributed by atoms with Crippen LogP contribution >= 0.6 is 23.1 Å². The molecule has 1 aromatic heterocycles. The predicted octanol–water partition coefficient (Wildman–Crippen LogP) is 4.04. The summed E-state index contributed by atoms with van der Waals surface area (Å²) in [5, 5.41) is 4.66. The Balaban J connectivity index is 1.30. The first-order valence-electron chi connectivity index (χ1n) is 9.05. The molecule has 0 aliphatic carbocycles. The maximum Gasteiger partial charge on any atom is 0.231 e. The van der Waals surface area contributed by atoms with E-state index in [2.05, 4.69) is 10.3 Å². The quantitative estimate of drug-likeness (QED) is 0.416. The van der Waals surface area contributed by atoms with E-state index >= 15 is 0 Å². The lowest BCUT2D eigenvalue weighted by Gasteiger charge is -2.08. The molecular weight excluding hydrogens is 424 g/mol. The third-order valence-corrected chi connectivity index (χ3v) is 6.34. The number of fused-ring (bicyclic) bond motifs is 1. The van der Waals surface area contributed by atoms with Crippen LogP contribution in [-0.2, 0) is 11.2 Å². The topological polar surface area (TPSA) is 86.8 Å². The van der Waals surface area contributed by atoms with Gasteiger partial charge in [-0.25, -0.2) is 4.98 Å². The fourth-order valence-electron chi connectivity index (χ4n) is 2.82. The second-order valence-corrected chi connectivity index (χ2v) is 8.39. The van der Waals surface area contributed by atoms with Crippen LogP contribution in [-0.4, -0.2) is 36.3 Å². The number of ether oxygens (including phenoxy) is 3. The summed E-state index contributed by atoms with van der Waals surface area (Å²) in [6.07, 6.45) is 0.144. The molecule has 1 aliphatic rings. The normalized spacial score (nSPS) is 11.9. The van der Waals surface area contributed by atoms with E-state index in [1.54, 1.807) is 37.4 Å². The van der Waals surface area contributed by atoms with Gasteiger partial charge in [0.15, 0.2) is 21.6 Å². The number of thioether (sulfide) groups is 1. The maximum atomic E-state index is 12.4. The zero-order valence-electron chi connectivity index (χ0n) is 16.0. The van der Waals surface area contributed by atoms with Gasteiger partial charge in [0.05, 0.1) is 30.7 Å². The third kappa shape index (κ3) is 4.74. The van der Waals surface area contributed by atoms with Crippen LogP contribution in [0.2, 0.25) is 0 Å². The second-order valence-electron chi connectivity index (χ2n) is 6.31. The zero-order valence-corrected chi connectivity index (χ0v) is 17.7. The van der Waals surface area contributed by atoms with Crippen LogP contribution in [0.15, 0.2) is 52.2 Å². The Morgan fingerprint density at radius 3 is 2.90 bits per heavy atom. The van der Waals surface area contributed by atoms with Crippen LogP contribution in [0.5, 0.6) is 17.2 Å². The highest BCUT2D eigenvalue weighted by molar-refractivity contribution is 8.01. The second kappa shape index (κ2) is 9.19. The van der Waals surface area contributed by atoms with Crippen molar-refractivity contribution in [2.24, 2.45) is 0 Å². The Morgan fingerprint density at radius 1 is 1.20 bits per heavy atom. The van der Waals surface area contributed by atoms with Gasteiger partial charge in [-0.15, -0.1) is 11.3 Å². The molecule has 2 aromatic carbocycles. The van der Waals surface area contributed by atoms with E-state index in [1.807, 2.05) is 17.5 Å². The van der Waals surface area contributed by atoms with Crippen molar-refractivity contribution < 1.29 is 23.8 Å². The molecule has 0 radical (unpaired) electrons. The number of rotatable bonds is 8. The lowest BCUT2D eigenvalue weighted by atomic mass is 10.1. The Bertz CT molecular complexity index is 1080. The number of Topliss-reactive ketones (excluding diaryl/α,β-unsaturated/α-hetero) is 1. The molecule has 0 atom stereocenters. The number of aromatic nitrogens is 1. The van der Waals surface area contributed by atoms with Gasteiger partial charge < -0.3 is 19.5 Å². The Hall–Kier alpha value is -3.04. The minimum absolute atomic E-state index is 0.0241. The lowest BCUT2D eigenvalue weighted by molar-refractivity contribution is -0.115. The summed E-state index contributed by atoms with van der Waals surface area (Å²) in [5.41, 5.74) is 1.84. The summed E-state index contributed by atoms with van der Waals surface area (Å²) in [6.45, 7) is 0.175. The van der Waals surface area contributed by atoms with Gasteiger partial charge in [-0.05, 0) is 30.3 Å². The standard InChI is InChI=1S/C21H18N2O5S2/c1-26-17-5-3-2-4-15(17)23-20(25)9-14-10-29-21(22-14)30-11-16(24)13-6-7-18-19(8-13)28-12-27-18/h2-8,10H,9,11-12H2,1H3,(H,23,25). The molecule has 1 N–H and O–H groups in total. The summed E-state index contributed by atoms with van der Waals surface area (Å²) in [5.74, 6) is 1.88. The fourth-order valence-corrected chi connectivity index (χ4v) is 4.56. The summed E-state index contributed by atoms with van der Waals surface area (Å²) in [7, 11) is 1.56. The number of hydrogen-bond donors (Lipinski definition) is 1. The molecule has 154 valence electrons. The molecule has 0 unspecified atom stereocenters. The first kappa shape index (κ1) is 20.2. The molecule has 0 spiro atoms. The van der Waals surface area contributed by atoms with E-state index < -0.39 is 0 Å². The number of thiazole rings is 1. The highest BCUT2D eigenvalue weighted by Gasteiger charge is 2.17. The molecule has 3 aromatic rings. The largest absolute Gasteiger partial charge is 0.495 e. The Morgan fingerprint density at radius 2 is 2.03 bits per heavy atom. The van der Waals surface area contributed by atoms with Crippen molar-refractivity contribution in [3.63, 3.8) is 0 Å². The first-order chi connectivity index (χ1) is 14.6. The highest BCUT2D eigenvalue weighted by atomic mass is 32.2. The number of carbonyl (C=O) groups excluding carboxylic acids is 2. The average molecular weight is 443 g/mol. The number of nitrogens with one attached hydrogen (secondary N) is 1. The monoisotopic (exact) mass is 442 g/mol. The van der Waals surface area contributed by atoms with Crippen molar-refractivity contribution in [2.45, 2.75) is 10.8 Å². The van der Waals surface area contributed by atoms with Crippen molar-refractivity contribution >= 4 is 40.5 Å². The van der Waals surface area contributed by atoms with Crippen molar-refractivity contribution in [3.8, 4) is 17.2 Å². The number of amides is 1. The molecule has 0 saturated carbocycles. The number of ketones is 1. The van der Waals surface area contributed by atoms with E-state index in [-0.39, 0.29) is 30.7 Å². The van der Waals surface area contributed by atoms with Gasteiger partial charge >= 0.3 is 0 Å². The first-order valence-corrected chi connectivity index (χ1v) is 10.9. The van der Waals surface area contributed by atoms with Gasteiger partial charge in [0.1, 0.15) is 5.75 Å². The van der Waals surface area contributed by atoms with Crippen molar-refractivity contribution in [1.82, 2.24) is 4.98 Å². The summed E-state index contributed by atoms with van der Waals surface area (Å²) in [4.78, 5) is 29.2. The van der Waals surface area contributed by atoms with Crippen LogP contribution in [0.25, 0.3) is 0 Å². The van der Waals surface area contributed by atoms with Crippen molar-refractivity contribution in [1.29, 1.82) is 0 Å². The van der Waals surface area contributed by atoms with Gasteiger partial charge in [0, 0.05) is 10.9 Å². The number of para-hydroxylation sites is 2. The number of carbonyl (C=O) groups is 2. The van der Waals surface area contributed by atoms with Crippen LogP contribution < -0.4 is 19.5 Å². The zero-order chi connectivity index (χ0) is 20.9. The number of nitrogens with zero attached hydrogens (tertiary/aromatic N) is 1. The molecule has 0 bridgehead atoms. The number of methoxy groups -OCH3 is 1.